The molecule has 1 aromatic heterocycles. The summed E-state index contributed by atoms with van der Waals surface area (Å²) in [5.41, 5.74) is -0.124. The molecule has 0 bridgehead atoms. The number of nitrogens with one attached hydrogen (secondary N) is 1. The summed E-state index contributed by atoms with van der Waals surface area (Å²) in [6, 6.07) is 0. The molecule has 0 amide bonds. The third-order valence-corrected chi connectivity index (χ3v) is 2.27. The number of nitrogens with zero attached hydrogens (tertiary/aromatic N) is 1. The van der Waals surface area contributed by atoms with E-state index in [0.717, 1.165) is 0 Å². The molecule has 0 atom stereocenters. The molecule has 72 valence electrons. The summed E-state index contributed by atoms with van der Waals surface area (Å²) in [5.74, 6) is -0.0851. The molecule has 0 saturated heterocycles. The second-order valence-electron chi connectivity index (χ2n) is 2.33. The fraction of sp³-hybridized carbons (Fsp3) is 0.333. The third kappa shape index (κ3) is 2.50. The van der Waals surface area contributed by atoms with Gasteiger partial charge in [0.15, 0.2) is 5.82 Å². The molecule has 0 aliphatic heterocycles. The van der Waals surface area contributed by atoms with Crippen molar-refractivity contribution < 1.29 is 0 Å². The number of aromatic amines is 1. The minimum atomic E-state index is -1.77. The van der Waals surface area contributed by atoms with Gasteiger partial charge in [0.05, 0.1) is 5.56 Å². The molecule has 0 spiro atoms. The molecule has 0 saturated carbocycles. The van der Waals surface area contributed by atoms with E-state index in [-0.39, 0.29) is 11.0 Å². The number of alkyl halides is 3. The Hall–Kier alpha value is 0.0400. The molecule has 13 heavy (non-hydrogen) atoms. The van der Waals surface area contributed by atoms with Gasteiger partial charge >= 0.3 is 0 Å². The maximum absolute atomic E-state index is 11.2. The largest absolute Gasteiger partial charge is 0.307 e. The van der Waals surface area contributed by atoms with Crippen LogP contribution in [0.1, 0.15) is 11.4 Å². The van der Waals surface area contributed by atoms with Crippen LogP contribution in [0.2, 0.25) is 5.15 Å². The van der Waals surface area contributed by atoms with Gasteiger partial charge in [-0.3, -0.25) is 4.79 Å². The number of hydrogen-bond donors (Lipinski definition) is 1. The predicted molar refractivity (Wildman–Crippen MR) is 53.8 cm³/mol. The van der Waals surface area contributed by atoms with Crippen LogP contribution in [0.25, 0.3) is 0 Å². The molecule has 1 heterocycles. The van der Waals surface area contributed by atoms with Gasteiger partial charge in [0.2, 0.25) is 3.79 Å². The molecule has 1 aromatic rings. The van der Waals surface area contributed by atoms with Crippen LogP contribution in [0.5, 0.6) is 0 Å². The van der Waals surface area contributed by atoms with Crippen LogP contribution in [-0.2, 0) is 3.79 Å². The summed E-state index contributed by atoms with van der Waals surface area (Å²) in [5, 5.41) is 0.0325. The zero-order chi connectivity index (χ0) is 10.2. The molecule has 0 fully saturated rings. The minimum absolute atomic E-state index is 0.0325. The van der Waals surface area contributed by atoms with Crippen LogP contribution >= 0.6 is 46.4 Å². The smallest absolute Gasteiger partial charge is 0.255 e. The van der Waals surface area contributed by atoms with Crippen molar-refractivity contribution in [2.45, 2.75) is 10.7 Å². The maximum atomic E-state index is 11.2. The van der Waals surface area contributed by atoms with Crippen molar-refractivity contribution in [3.05, 3.63) is 26.9 Å². The molecule has 7 heteroatoms. The van der Waals surface area contributed by atoms with Crippen LogP contribution in [0.15, 0.2) is 4.79 Å². The van der Waals surface area contributed by atoms with Gasteiger partial charge in [-0.25, -0.2) is 4.98 Å². The lowest BCUT2D eigenvalue weighted by atomic mass is 10.4. The van der Waals surface area contributed by atoms with Crippen LogP contribution in [0.3, 0.4) is 0 Å². The Morgan fingerprint density at radius 1 is 1.38 bits per heavy atom. The first-order valence-corrected chi connectivity index (χ1v) is 4.67. The first-order valence-electron chi connectivity index (χ1n) is 3.16. The van der Waals surface area contributed by atoms with Gasteiger partial charge in [-0.05, 0) is 6.92 Å². The topological polar surface area (TPSA) is 45.8 Å². The predicted octanol–water partition coefficient (Wildman–Crippen LogP) is 2.56. The van der Waals surface area contributed by atoms with Crippen LogP contribution in [0, 0.1) is 6.92 Å². The van der Waals surface area contributed by atoms with E-state index in [1.54, 1.807) is 0 Å². The van der Waals surface area contributed by atoms with Gasteiger partial charge in [-0.1, -0.05) is 46.4 Å². The second-order valence-corrected chi connectivity index (χ2v) is 4.97. The van der Waals surface area contributed by atoms with Gasteiger partial charge < -0.3 is 4.98 Å². The van der Waals surface area contributed by atoms with Crippen molar-refractivity contribution in [2.75, 3.05) is 0 Å². The highest BCUT2D eigenvalue weighted by molar-refractivity contribution is 6.66. The summed E-state index contributed by atoms with van der Waals surface area (Å²) >= 11 is 22.1. The summed E-state index contributed by atoms with van der Waals surface area (Å²) < 4.78 is -1.77. The molecule has 0 aliphatic carbocycles. The molecule has 1 rings (SSSR count). The zero-order valence-corrected chi connectivity index (χ0v) is 9.39. The van der Waals surface area contributed by atoms with Crippen molar-refractivity contribution >= 4 is 46.4 Å². The number of hydrogen-bond acceptors (Lipinski definition) is 2. The molecular formula is C6H4Cl4N2O. The van der Waals surface area contributed by atoms with E-state index in [2.05, 4.69) is 9.97 Å². The SMILES string of the molecule is Cc1c(Cl)nc(C(Cl)(Cl)Cl)[nH]c1=O. The van der Waals surface area contributed by atoms with Crippen LogP contribution < -0.4 is 5.56 Å². The number of rotatable bonds is 0. The average molecular weight is 262 g/mol. The average Bonchev–Trinajstić information content (AvgIpc) is 1.97. The van der Waals surface area contributed by atoms with Gasteiger partial charge in [0.25, 0.3) is 5.56 Å². The molecule has 0 unspecified atom stereocenters. The molecule has 1 N–H and O–H groups in total. The van der Waals surface area contributed by atoms with Crippen molar-refractivity contribution in [1.82, 2.24) is 9.97 Å². The molecule has 0 radical (unpaired) electrons. The normalized spacial score (nSPS) is 11.8. The maximum Gasteiger partial charge on any atom is 0.255 e. The molecule has 3 nitrogen and oxygen atoms in total. The van der Waals surface area contributed by atoms with Gasteiger partial charge in [0, 0.05) is 0 Å². The van der Waals surface area contributed by atoms with E-state index >= 15 is 0 Å². The molecule has 0 aliphatic rings. The summed E-state index contributed by atoms with van der Waals surface area (Å²) in [7, 11) is 0. The standard InChI is InChI=1S/C6H4Cl4N2O/c1-2-3(7)11-5(6(8,9)10)12-4(2)13/h1H3,(H,11,12,13). The van der Waals surface area contributed by atoms with E-state index in [0.29, 0.717) is 5.56 Å². The minimum Gasteiger partial charge on any atom is -0.307 e. The zero-order valence-electron chi connectivity index (χ0n) is 6.37. The summed E-state index contributed by atoms with van der Waals surface area (Å²) in [6.07, 6.45) is 0. The third-order valence-electron chi connectivity index (χ3n) is 1.36. The van der Waals surface area contributed by atoms with Gasteiger partial charge in [-0.15, -0.1) is 0 Å². The lowest BCUT2D eigenvalue weighted by molar-refractivity contribution is 0.930. The lowest BCUT2D eigenvalue weighted by Crippen LogP contribution is -2.19. The first kappa shape index (κ1) is 11.1. The first-order chi connectivity index (χ1) is 5.82. The summed E-state index contributed by atoms with van der Waals surface area (Å²) in [6.45, 7) is 1.52. The highest BCUT2D eigenvalue weighted by atomic mass is 35.6. The Kier molecular flexibility index (Phi) is 3.12. The van der Waals surface area contributed by atoms with Crippen molar-refractivity contribution in [2.24, 2.45) is 0 Å². The lowest BCUT2D eigenvalue weighted by Gasteiger charge is -2.09. The number of aromatic nitrogens is 2. The Morgan fingerprint density at radius 2 is 1.92 bits per heavy atom. The van der Waals surface area contributed by atoms with Crippen LogP contribution in [0.4, 0.5) is 0 Å². The van der Waals surface area contributed by atoms with Crippen molar-refractivity contribution in [3.8, 4) is 0 Å². The van der Waals surface area contributed by atoms with Crippen molar-refractivity contribution in [1.29, 1.82) is 0 Å². The fourth-order valence-electron chi connectivity index (χ4n) is 0.639. The number of H-pyrrole nitrogens is 1. The quantitative estimate of drug-likeness (QED) is 0.576. The van der Waals surface area contributed by atoms with E-state index < -0.39 is 9.35 Å². The monoisotopic (exact) mass is 260 g/mol. The fourth-order valence-corrected chi connectivity index (χ4v) is 1.08. The highest BCUT2D eigenvalue weighted by Crippen LogP contribution is 2.35. The van der Waals surface area contributed by atoms with E-state index in [4.69, 9.17) is 46.4 Å². The molecule has 0 aromatic carbocycles. The van der Waals surface area contributed by atoms with E-state index in [9.17, 15) is 4.79 Å². The Bertz CT molecular complexity index is 381. The number of halogens is 4. The van der Waals surface area contributed by atoms with E-state index in [1.807, 2.05) is 0 Å². The molecular weight excluding hydrogens is 258 g/mol. The second kappa shape index (κ2) is 3.65. The van der Waals surface area contributed by atoms with Crippen molar-refractivity contribution in [3.63, 3.8) is 0 Å². The summed E-state index contributed by atoms with van der Waals surface area (Å²) in [4.78, 5) is 17.2. The van der Waals surface area contributed by atoms with Crippen LogP contribution in [-0.4, -0.2) is 9.97 Å². The highest BCUT2D eigenvalue weighted by Gasteiger charge is 2.27. The Balaban J connectivity index is 3.38. The Labute approximate surface area is 94.0 Å². The Morgan fingerprint density at radius 3 is 2.31 bits per heavy atom. The van der Waals surface area contributed by atoms with Gasteiger partial charge in [-0.2, -0.15) is 0 Å². The van der Waals surface area contributed by atoms with Gasteiger partial charge in [0.1, 0.15) is 5.15 Å². The van der Waals surface area contributed by atoms with E-state index in [1.165, 1.54) is 6.92 Å².